The lowest BCUT2D eigenvalue weighted by atomic mass is 10.2. The van der Waals surface area contributed by atoms with Crippen molar-refractivity contribution in [1.82, 2.24) is 15.2 Å². The highest BCUT2D eigenvalue weighted by Gasteiger charge is 2.32. The van der Waals surface area contributed by atoms with Crippen molar-refractivity contribution in [2.24, 2.45) is 0 Å². The van der Waals surface area contributed by atoms with Crippen molar-refractivity contribution >= 4 is 17.6 Å². The molecule has 2 fully saturated rings. The molecule has 2 aliphatic rings. The quantitative estimate of drug-likeness (QED) is 0.871. The molecule has 0 unspecified atom stereocenters. The van der Waals surface area contributed by atoms with Crippen LogP contribution in [-0.4, -0.2) is 60.6 Å². The number of likely N-dealkylation sites (tertiary alicyclic amines) is 1. The molecule has 1 aromatic rings. The maximum absolute atomic E-state index is 12.5. The van der Waals surface area contributed by atoms with Crippen LogP contribution in [0.3, 0.4) is 0 Å². The van der Waals surface area contributed by atoms with Crippen molar-refractivity contribution in [2.45, 2.75) is 32.4 Å². The molecular weight excluding hydrogens is 308 g/mol. The fourth-order valence-electron chi connectivity index (χ4n) is 3.34. The van der Waals surface area contributed by atoms with Crippen LogP contribution in [0.5, 0.6) is 0 Å². The Morgan fingerprint density at radius 1 is 1.33 bits per heavy atom. The van der Waals surface area contributed by atoms with Gasteiger partial charge in [0.1, 0.15) is 11.9 Å². The number of ether oxygens (including phenoxy) is 1. The highest BCUT2D eigenvalue weighted by Crippen LogP contribution is 2.20. The number of hydrogen-bond acceptors (Lipinski definition) is 5. The molecule has 1 aromatic heterocycles. The fourth-order valence-corrected chi connectivity index (χ4v) is 3.34. The molecule has 24 heavy (non-hydrogen) atoms. The third kappa shape index (κ3) is 3.67. The largest absolute Gasteiger partial charge is 0.378 e. The molecule has 130 valence electrons. The zero-order chi connectivity index (χ0) is 16.9. The lowest BCUT2D eigenvalue weighted by Crippen LogP contribution is -2.45. The Morgan fingerprint density at radius 2 is 2.12 bits per heavy atom. The molecule has 0 aromatic carbocycles. The molecule has 7 nitrogen and oxygen atoms in total. The smallest absolute Gasteiger partial charge is 0.243 e. The van der Waals surface area contributed by atoms with Gasteiger partial charge in [-0.1, -0.05) is 6.07 Å². The second-order valence-corrected chi connectivity index (χ2v) is 6.17. The van der Waals surface area contributed by atoms with Gasteiger partial charge in [-0.2, -0.15) is 0 Å². The molecule has 2 saturated heterocycles. The first-order valence-corrected chi connectivity index (χ1v) is 8.48. The van der Waals surface area contributed by atoms with Gasteiger partial charge >= 0.3 is 0 Å². The minimum absolute atomic E-state index is 0.0389. The van der Waals surface area contributed by atoms with Gasteiger partial charge in [0.25, 0.3) is 0 Å². The Morgan fingerprint density at radius 3 is 2.88 bits per heavy atom. The van der Waals surface area contributed by atoms with E-state index < -0.39 is 0 Å². The van der Waals surface area contributed by atoms with E-state index >= 15 is 0 Å². The van der Waals surface area contributed by atoms with E-state index in [0.717, 1.165) is 37.3 Å². The van der Waals surface area contributed by atoms with Gasteiger partial charge in [-0.05, 0) is 18.9 Å². The van der Waals surface area contributed by atoms with Crippen LogP contribution in [0, 0.1) is 0 Å². The summed E-state index contributed by atoms with van der Waals surface area (Å²) < 4.78 is 5.38. The summed E-state index contributed by atoms with van der Waals surface area (Å²) in [5.74, 6) is 0.776. The van der Waals surface area contributed by atoms with Crippen molar-refractivity contribution in [3.63, 3.8) is 0 Å². The molecule has 0 bridgehead atoms. The second-order valence-electron chi connectivity index (χ2n) is 6.17. The van der Waals surface area contributed by atoms with Crippen molar-refractivity contribution in [3.05, 3.63) is 23.9 Å². The zero-order valence-corrected chi connectivity index (χ0v) is 14.0. The maximum atomic E-state index is 12.5. The Labute approximate surface area is 142 Å². The standard InChI is InChI=1S/C17H24N4O3/c1-13(22)21-7-3-5-15(21)17(23)19-12-14-4-2-6-18-16(14)20-8-10-24-11-9-20/h2,4,6,15H,3,5,7-12H2,1H3,(H,19,23)/t15-/m1/s1. The second kappa shape index (κ2) is 7.61. The summed E-state index contributed by atoms with van der Waals surface area (Å²) >= 11 is 0. The summed E-state index contributed by atoms with van der Waals surface area (Å²) in [6, 6.07) is 3.52. The van der Waals surface area contributed by atoms with Crippen molar-refractivity contribution in [3.8, 4) is 0 Å². The van der Waals surface area contributed by atoms with E-state index in [0.29, 0.717) is 26.3 Å². The number of morpholine rings is 1. The van der Waals surface area contributed by atoms with Crippen LogP contribution in [0.4, 0.5) is 5.82 Å². The molecule has 0 radical (unpaired) electrons. The van der Waals surface area contributed by atoms with Gasteiger partial charge in [0, 0.05) is 44.9 Å². The van der Waals surface area contributed by atoms with E-state index in [4.69, 9.17) is 4.74 Å². The molecule has 0 aliphatic carbocycles. The Kier molecular flexibility index (Phi) is 5.30. The van der Waals surface area contributed by atoms with E-state index in [1.807, 2.05) is 12.1 Å². The number of nitrogens with zero attached hydrogens (tertiary/aromatic N) is 3. The van der Waals surface area contributed by atoms with Gasteiger partial charge in [0.05, 0.1) is 13.2 Å². The van der Waals surface area contributed by atoms with Crippen LogP contribution in [0.25, 0.3) is 0 Å². The molecule has 7 heteroatoms. The molecule has 1 atom stereocenters. The Balaban J connectivity index is 1.64. The van der Waals surface area contributed by atoms with Crippen LogP contribution in [0.15, 0.2) is 18.3 Å². The maximum Gasteiger partial charge on any atom is 0.243 e. The molecule has 0 spiro atoms. The summed E-state index contributed by atoms with van der Waals surface area (Å²) in [4.78, 5) is 32.4. The fraction of sp³-hybridized carbons (Fsp3) is 0.588. The predicted molar refractivity (Wildman–Crippen MR) is 89.5 cm³/mol. The van der Waals surface area contributed by atoms with E-state index in [1.54, 1.807) is 11.1 Å². The molecule has 2 amide bonds. The van der Waals surface area contributed by atoms with Gasteiger partial charge in [-0.15, -0.1) is 0 Å². The van der Waals surface area contributed by atoms with E-state index in [1.165, 1.54) is 6.92 Å². The van der Waals surface area contributed by atoms with Crippen molar-refractivity contribution in [2.75, 3.05) is 37.7 Å². The minimum atomic E-state index is -0.342. The molecule has 2 aliphatic heterocycles. The summed E-state index contributed by atoms with van der Waals surface area (Å²) in [5, 5.41) is 2.97. The number of pyridine rings is 1. The SMILES string of the molecule is CC(=O)N1CCC[C@@H]1C(=O)NCc1cccnc1N1CCOCC1. The van der Waals surface area contributed by atoms with Gasteiger partial charge in [0.15, 0.2) is 0 Å². The number of aromatic nitrogens is 1. The number of anilines is 1. The number of hydrogen-bond donors (Lipinski definition) is 1. The van der Waals surface area contributed by atoms with Crippen molar-refractivity contribution in [1.29, 1.82) is 0 Å². The summed E-state index contributed by atoms with van der Waals surface area (Å²) in [5.41, 5.74) is 0.986. The number of carbonyl (C=O) groups is 2. The summed E-state index contributed by atoms with van der Waals surface area (Å²) in [7, 11) is 0. The average molecular weight is 332 g/mol. The van der Waals surface area contributed by atoms with Crippen LogP contribution in [0.1, 0.15) is 25.3 Å². The first kappa shape index (κ1) is 16.7. The molecule has 3 rings (SSSR count). The number of rotatable bonds is 4. The Bertz CT molecular complexity index is 601. The van der Waals surface area contributed by atoms with Gasteiger partial charge in [-0.25, -0.2) is 4.98 Å². The number of nitrogens with one attached hydrogen (secondary N) is 1. The van der Waals surface area contributed by atoms with Crippen LogP contribution in [0.2, 0.25) is 0 Å². The van der Waals surface area contributed by atoms with E-state index in [-0.39, 0.29) is 17.9 Å². The average Bonchev–Trinajstić information content (AvgIpc) is 3.11. The van der Waals surface area contributed by atoms with Crippen LogP contribution in [-0.2, 0) is 20.9 Å². The normalized spacial score (nSPS) is 21.0. The summed E-state index contributed by atoms with van der Waals surface area (Å²) in [6.07, 6.45) is 3.38. The van der Waals surface area contributed by atoms with E-state index in [2.05, 4.69) is 15.2 Å². The van der Waals surface area contributed by atoms with Crippen molar-refractivity contribution < 1.29 is 14.3 Å². The monoisotopic (exact) mass is 332 g/mol. The Hall–Kier alpha value is -2.15. The highest BCUT2D eigenvalue weighted by molar-refractivity contribution is 5.87. The van der Waals surface area contributed by atoms with Crippen LogP contribution >= 0.6 is 0 Å². The topological polar surface area (TPSA) is 74.8 Å². The third-order valence-electron chi connectivity index (χ3n) is 4.59. The van der Waals surface area contributed by atoms with Gasteiger partial charge in [0.2, 0.25) is 11.8 Å². The predicted octanol–water partition coefficient (Wildman–Crippen LogP) is 0.545. The summed E-state index contributed by atoms with van der Waals surface area (Å²) in [6.45, 7) is 5.59. The van der Waals surface area contributed by atoms with Gasteiger partial charge in [-0.3, -0.25) is 9.59 Å². The minimum Gasteiger partial charge on any atom is -0.378 e. The molecule has 0 saturated carbocycles. The number of carbonyl (C=O) groups excluding carboxylic acids is 2. The van der Waals surface area contributed by atoms with Gasteiger partial charge < -0.3 is 19.9 Å². The first-order chi connectivity index (χ1) is 11.7. The van der Waals surface area contributed by atoms with E-state index in [9.17, 15) is 9.59 Å². The molecule has 3 heterocycles. The molecular formula is C17H24N4O3. The first-order valence-electron chi connectivity index (χ1n) is 8.48. The van der Waals surface area contributed by atoms with Crippen LogP contribution < -0.4 is 10.2 Å². The highest BCUT2D eigenvalue weighted by atomic mass is 16.5. The third-order valence-corrected chi connectivity index (χ3v) is 4.59. The molecule has 1 N–H and O–H groups in total. The number of amides is 2. The zero-order valence-electron chi connectivity index (χ0n) is 14.0. The lowest BCUT2D eigenvalue weighted by molar-refractivity contribution is -0.136. The lowest BCUT2D eigenvalue weighted by Gasteiger charge is -2.29.